The fraction of sp³-hybridized carbons (Fsp3) is 0. The van der Waals surface area contributed by atoms with Crippen molar-refractivity contribution in [2.45, 2.75) is 0 Å². The van der Waals surface area contributed by atoms with Gasteiger partial charge in [0.2, 0.25) is 0 Å². The number of benzene rings is 1. The smallest absolute Gasteiger partial charge is 0.153 e. The second-order valence-electron chi connectivity index (χ2n) is 4.06. The van der Waals surface area contributed by atoms with Gasteiger partial charge in [0, 0.05) is 11.1 Å². The quantitative estimate of drug-likeness (QED) is 0.444. The Bertz CT molecular complexity index is 586. The molecule has 17 heavy (non-hydrogen) atoms. The first-order chi connectivity index (χ1) is 8.15. The van der Waals surface area contributed by atoms with Crippen molar-refractivity contribution in [3.8, 4) is 11.5 Å². The largest absolute Gasteiger partial charge is 0.454 e. The van der Waals surface area contributed by atoms with E-state index in [0.717, 1.165) is 22.6 Å². The van der Waals surface area contributed by atoms with E-state index in [9.17, 15) is 0 Å². The fourth-order valence-electron chi connectivity index (χ4n) is 1.94. The molecule has 4 heteroatoms. The minimum Gasteiger partial charge on any atom is -0.454 e. The van der Waals surface area contributed by atoms with Crippen molar-refractivity contribution in [3.05, 3.63) is 53.3 Å². The number of fused-ring (bicyclic) bond motifs is 2. The average Bonchev–Trinajstić information content (AvgIpc) is 2.32. The van der Waals surface area contributed by atoms with Crippen molar-refractivity contribution in [2.24, 2.45) is 0 Å². The van der Waals surface area contributed by atoms with E-state index in [1.54, 1.807) is 6.07 Å². The maximum atomic E-state index is 5.89. The Morgan fingerprint density at radius 3 is 2.76 bits per heavy atom. The van der Waals surface area contributed by atoms with E-state index in [2.05, 4.69) is 11.6 Å². The molecule has 2 heterocycles. The SMILES string of the molecule is Bc1ccc2c(c1)C(=C)c1nc(Cl)ccc1O2. The zero-order chi connectivity index (χ0) is 12.0. The lowest BCUT2D eigenvalue weighted by atomic mass is 9.90. The van der Waals surface area contributed by atoms with Crippen LogP contribution in [0.15, 0.2) is 36.9 Å². The molecule has 0 unspecified atom stereocenters. The van der Waals surface area contributed by atoms with Gasteiger partial charge in [-0.3, -0.25) is 0 Å². The van der Waals surface area contributed by atoms with Gasteiger partial charge in [-0.2, -0.15) is 0 Å². The summed E-state index contributed by atoms with van der Waals surface area (Å²) in [4.78, 5) is 4.26. The molecular weight excluding hydrogens is 232 g/mol. The maximum absolute atomic E-state index is 5.89. The summed E-state index contributed by atoms with van der Waals surface area (Å²) in [6.07, 6.45) is 0. The third-order valence-electron chi connectivity index (χ3n) is 2.79. The van der Waals surface area contributed by atoms with Crippen molar-refractivity contribution in [1.29, 1.82) is 0 Å². The predicted molar refractivity (Wildman–Crippen MR) is 72.1 cm³/mol. The van der Waals surface area contributed by atoms with E-state index < -0.39 is 0 Å². The minimum absolute atomic E-state index is 0.449. The zero-order valence-corrected chi connectivity index (χ0v) is 10.1. The van der Waals surface area contributed by atoms with Crippen LogP contribution < -0.4 is 10.2 Å². The Hall–Kier alpha value is -1.74. The van der Waals surface area contributed by atoms with Crippen LogP contribution in [-0.2, 0) is 0 Å². The fourth-order valence-corrected chi connectivity index (χ4v) is 2.08. The highest BCUT2D eigenvalue weighted by atomic mass is 35.5. The van der Waals surface area contributed by atoms with Crippen molar-refractivity contribution in [2.75, 3.05) is 0 Å². The van der Waals surface area contributed by atoms with Crippen LogP contribution in [0.3, 0.4) is 0 Å². The molecule has 82 valence electrons. The zero-order valence-electron chi connectivity index (χ0n) is 9.33. The van der Waals surface area contributed by atoms with Crippen LogP contribution in [0.5, 0.6) is 11.5 Å². The topological polar surface area (TPSA) is 22.1 Å². The summed E-state index contributed by atoms with van der Waals surface area (Å²) in [5.41, 5.74) is 3.72. The monoisotopic (exact) mass is 241 g/mol. The third-order valence-corrected chi connectivity index (χ3v) is 3.00. The van der Waals surface area contributed by atoms with Crippen molar-refractivity contribution >= 4 is 30.5 Å². The van der Waals surface area contributed by atoms with E-state index >= 15 is 0 Å². The Balaban J connectivity index is 2.21. The van der Waals surface area contributed by atoms with Crippen LogP contribution in [0.1, 0.15) is 11.3 Å². The normalized spacial score (nSPS) is 12.6. The Morgan fingerprint density at radius 2 is 1.94 bits per heavy atom. The van der Waals surface area contributed by atoms with Crippen LogP contribution in [0.25, 0.3) is 5.57 Å². The summed E-state index contributed by atoms with van der Waals surface area (Å²) in [6.45, 7) is 4.08. The van der Waals surface area contributed by atoms with E-state index in [4.69, 9.17) is 16.3 Å². The van der Waals surface area contributed by atoms with Crippen LogP contribution >= 0.6 is 11.6 Å². The Kier molecular flexibility index (Phi) is 2.23. The number of pyridine rings is 1. The summed E-state index contributed by atoms with van der Waals surface area (Å²) < 4.78 is 5.78. The number of ether oxygens (including phenoxy) is 1. The van der Waals surface area contributed by atoms with Crippen molar-refractivity contribution in [3.63, 3.8) is 0 Å². The highest BCUT2D eigenvalue weighted by Gasteiger charge is 2.21. The number of hydrogen-bond acceptors (Lipinski definition) is 2. The molecule has 0 bridgehead atoms. The van der Waals surface area contributed by atoms with Crippen molar-refractivity contribution in [1.82, 2.24) is 4.98 Å². The molecule has 1 aromatic carbocycles. The molecular formula is C13H9BClNO. The van der Waals surface area contributed by atoms with Gasteiger partial charge in [-0.05, 0) is 18.2 Å². The Labute approximate surface area is 105 Å². The highest BCUT2D eigenvalue weighted by molar-refractivity contribution is 6.32. The lowest BCUT2D eigenvalue weighted by Crippen LogP contribution is -2.09. The Morgan fingerprint density at radius 1 is 1.18 bits per heavy atom. The first-order valence-corrected chi connectivity index (χ1v) is 5.67. The number of rotatable bonds is 0. The molecule has 0 fully saturated rings. The lowest BCUT2D eigenvalue weighted by Gasteiger charge is -2.21. The third kappa shape index (κ3) is 1.63. The predicted octanol–water partition coefficient (Wildman–Crippen LogP) is 2.16. The molecule has 2 nitrogen and oxygen atoms in total. The van der Waals surface area contributed by atoms with Crippen LogP contribution in [0.2, 0.25) is 5.15 Å². The van der Waals surface area contributed by atoms with Gasteiger partial charge in [0.05, 0.1) is 0 Å². The minimum atomic E-state index is 0.449. The van der Waals surface area contributed by atoms with Gasteiger partial charge in [0.1, 0.15) is 24.4 Å². The highest BCUT2D eigenvalue weighted by Crippen LogP contribution is 2.41. The summed E-state index contributed by atoms with van der Waals surface area (Å²) >= 11 is 5.89. The first-order valence-electron chi connectivity index (χ1n) is 5.30. The molecule has 1 aliphatic rings. The molecule has 3 rings (SSSR count). The molecule has 0 spiro atoms. The number of nitrogens with zero attached hydrogens (tertiary/aromatic N) is 1. The van der Waals surface area contributed by atoms with Crippen LogP contribution in [0, 0.1) is 0 Å². The summed E-state index contributed by atoms with van der Waals surface area (Å²) in [5.74, 6) is 1.52. The number of aromatic nitrogens is 1. The molecule has 1 aliphatic heterocycles. The van der Waals surface area contributed by atoms with Gasteiger partial charge in [-0.15, -0.1) is 0 Å². The second kappa shape index (κ2) is 3.64. The van der Waals surface area contributed by atoms with E-state index in [-0.39, 0.29) is 0 Å². The van der Waals surface area contributed by atoms with Gasteiger partial charge in [0.15, 0.2) is 5.75 Å². The number of halogens is 1. The summed E-state index contributed by atoms with van der Waals surface area (Å²) in [7, 11) is 2.04. The van der Waals surface area contributed by atoms with Gasteiger partial charge in [0.25, 0.3) is 0 Å². The number of hydrogen-bond donors (Lipinski definition) is 0. The molecule has 0 aliphatic carbocycles. The van der Waals surface area contributed by atoms with Gasteiger partial charge >= 0.3 is 0 Å². The van der Waals surface area contributed by atoms with Crippen LogP contribution in [-0.4, -0.2) is 12.8 Å². The summed E-state index contributed by atoms with van der Waals surface area (Å²) in [5, 5.41) is 0.449. The average molecular weight is 241 g/mol. The van der Waals surface area contributed by atoms with E-state index in [0.29, 0.717) is 10.9 Å². The molecule has 0 saturated carbocycles. The van der Waals surface area contributed by atoms with E-state index in [1.807, 2.05) is 32.1 Å². The lowest BCUT2D eigenvalue weighted by molar-refractivity contribution is 0.471. The van der Waals surface area contributed by atoms with Gasteiger partial charge in [-0.25, -0.2) is 4.98 Å². The second-order valence-corrected chi connectivity index (χ2v) is 4.45. The van der Waals surface area contributed by atoms with Gasteiger partial charge < -0.3 is 4.74 Å². The van der Waals surface area contributed by atoms with Gasteiger partial charge in [-0.1, -0.05) is 35.8 Å². The summed E-state index contributed by atoms with van der Waals surface area (Å²) in [6, 6.07) is 9.54. The molecule has 0 radical (unpaired) electrons. The first kappa shape index (κ1) is 10.4. The molecule has 0 saturated heterocycles. The molecule has 0 amide bonds. The molecule has 0 N–H and O–H groups in total. The van der Waals surface area contributed by atoms with Crippen LogP contribution in [0.4, 0.5) is 0 Å². The van der Waals surface area contributed by atoms with E-state index in [1.165, 1.54) is 5.46 Å². The standard InChI is InChI=1S/C13H9BClNO/c1-7-9-6-8(14)2-3-10(9)17-11-4-5-12(15)16-13(7)11/h2-6H,1,14H2. The van der Waals surface area contributed by atoms with Crippen molar-refractivity contribution < 1.29 is 4.74 Å². The molecule has 2 aromatic rings. The molecule has 0 atom stereocenters. The molecule has 1 aromatic heterocycles. The maximum Gasteiger partial charge on any atom is 0.153 e.